The number of pyridine rings is 1. The van der Waals surface area contributed by atoms with Gasteiger partial charge in [-0.1, -0.05) is 24.3 Å². The second-order valence-corrected chi connectivity index (χ2v) is 3.38. The summed E-state index contributed by atoms with van der Waals surface area (Å²) in [4.78, 5) is 15.4. The highest BCUT2D eigenvalue weighted by atomic mass is 16.1. The van der Waals surface area contributed by atoms with Gasteiger partial charge >= 0.3 is 5.69 Å². The molecule has 0 aliphatic rings. The Morgan fingerprint density at radius 3 is 2.80 bits per heavy atom. The molecule has 0 saturated carbocycles. The van der Waals surface area contributed by atoms with Crippen molar-refractivity contribution in [3.8, 4) is 0 Å². The fraction of sp³-hybridized carbons (Fsp3) is 0. The molecule has 0 aliphatic carbocycles. The van der Waals surface area contributed by atoms with Crippen LogP contribution in [0.5, 0.6) is 0 Å². The molecule has 0 fully saturated rings. The molecule has 0 aliphatic heterocycles. The minimum Gasteiger partial charge on any atom is -0.261 e. The monoisotopic (exact) mass is 196 g/mol. The molecule has 72 valence electrons. The van der Waals surface area contributed by atoms with Gasteiger partial charge in [-0.2, -0.15) is 0 Å². The Balaban J connectivity index is 2.70. The Labute approximate surface area is 85.6 Å². The molecule has 3 heteroatoms. The van der Waals surface area contributed by atoms with E-state index < -0.39 is 0 Å². The van der Waals surface area contributed by atoms with Crippen molar-refractivity contribution in [2.45, 2.75) is 0 Å². The lowest BCUT2D eigenvalue weighted by atomic mass is 10.2. The average molecular weight is 196 g/mol. The van der Waals surface area contributed by atoms with Gasteiger partial charge in [-0.25, -0.2) is 9.78 Å². The molecule has 0 saturated heterocycles. The Hall–Kier alpha value is -2.16. The Morgan fingerprint density at radius 1 is 1.00 bits per heavy atom. The van der Waals surface area contributed by atoms with Gasteiger partial charge in [0.2, 0.25) is 0 Å². The predicted molar refractivity (Wildman–Crippen MR) is 59.0 cm³/mol. The molecule has 0 radical (unpaired) electrons. The summed E-state index contributed by atoms with van der Waals surface area (Å²) in [7, 11) is 0. The lowest BCUT2D eigenvalue weighted by Gasteiger charge is -2.03. The molecule has 0 N–H and O–H groups in total. The molecule has 1 aromatic carbocycles. The van der Waals surface area contributed by atoms with Crippen LogP contribution in [0.15, 0.2) is 53.5 Å². The molecule has 0 bridgehead atoms. The first-order valence-electron chi connectivity index (χ1n) is 4.72. The smallest absolute Gasteiger partial charge is 0.261 e. The van der Waals surface area contributed by atoms with Gasteiger partial charge in [-0.15, -0.1) is 0 Å². The molecule has 3 aromatic rings. The molecule has 3 rings (SSSR count). The summed E-state index contributed by atoms with van der Waals surface area (Å²) in [5.74, 6) is 0. The minimum absolute atomic E-state index is 0.232. The highest BCUT2D eigenvalue weighted by molar-refractivity contribution is 5.82. The lowest BCUT2D eigenvalue weighted by molar-refractivity contribution is 1.03. The van der Waals surface area contributed by atoms with Crippen LogP contribution in [0.2, 0.25) is 0 Å². The van der Waals surface area contributed by atoms with Crippen LogP contribution in [-0.4, -0.2) is 9.38 Å². The predicted octanol–water partition coefficient (Wildman–Crippen LogP) is 1.85. The van der Waals surface area contributed by atoms with Crippen molar-refractivity contribution in [3.05, 3.63) is 59.1 Å². The van der Waals surface area contributed by atoms with E-state index >= 15 is 0 Å². The second-order valence-electron chi connectivity index (χ2n) is 3.38. The molecular formula is C12H8N2O. The number of hydrogen-bond donors (Lipinski definition) is 0. The first-order chi connectivity index (χ1) is 7.36. The van der Waals surface area contributed by atoms with Gasteiger partial charge in [-0.05, 0) is 23.6 Å². The Kier molecular flexibility index (Phi) is 1.59. The zero-order valence-corrected chi connectivity index (χ0v) is 7.92. The zero-order chi connectivity index (χ0) is 10.3. The third-order valence-electron chi connectivity index (χ3n) is 2.49. The van der Waals surface area contributed by atoms with E-state index in [4.69, 9.17) is 0 Å². The van der Waals surface area contributed by atoms with Crippen molar-refractivity contribution in [2.75, 3.05) is 0 Å². The first-order valence-corrected chi connectivity index (χ1v) is 4.72. The van der Waals surface area contributed by atoms with Crippen LogP contribution in [0.1, 0.15) is 0 Å². The van der Waals surface area contributed by atoms with Gasteiger partial charge in [0.1, 0.15) is 0 Å². The lowest BCUT2D eigenvalue weighted by Crippen LogP contribution is -2.16. The largest absolute Gasteiger partial charge is 0.352 e. The molecule has 3 nitrogen and oxygen atoms in total. The summed E-state index contributed by atoms with van der Waals surface area (Å²) in [6, 6.07) is 13.5. The summed E-state index contributed by atoms with van der Waals surface area (Å²) in [5, 5.41) is 1.04. The van der Waals surface area contributed by atoms with Crippen LogP contribution in [0, 0.1) is 0 Å². The number of aromatic nitrogens is 2. The van der Waals surface area contributed by atoms with E-state index in [2.05, 4.69) is 4.98 Å². The summed E-state index contributed by atoms with van der Waals surface area (Å²) >= 11 is 0. The second kappa shape index (κ2) is 2.92. The van der Waals surface area contributed by atoms with E-state index in [-0.39, 0.29) is 5.69 Å². The number of rotatable bonds is 0. The molecule has 0 atom stereocenters. The third kappa shape index (κ3) is 1.13. The maximum atomic E-state index is 11.6. The van der Waals surface area contributed by atoms with Gasteiger partial charge in [-0.3, -0.25) is 4.40 Å². The van der Waals surface area contributed by atoms with Crippen molar-refractivity contribution >= 4 is 16.4 Å². The van der Waals surface area contributed by atoms with Gasteiger partial charge in [0.25, 0.3) is 0 Å². The summed E-state index contributed by atoms with van der Waals surface area (Å²) in [6.45, 7) is 0. The van der Waals surface area contributed by atoms with Crippen LogP contribution in [0.25, 0.3) is 16.4 Å². The third-order valence-corrected chi connectivity index (χ3v) is 2.49. The zero-order valence-electron chi connectivity index (χ0n) is 7.92. The van der Waals surface area contributed by atoms with Crippen molar-refractivity contribution in [1.82, 2.24) is 9.38 Å². The standard InChI is InChI=1S/C12H8N2O/c15-12-13-8-7-10-6-5-9-3-1-2-4-11(9)14(10)12/h1-8H. The number of nitrogens with zero attached hydrogens (tertiary/aromatic N) is 2. The van der Waals surface area contributed by atoms with Crippen LogP contribution in [-0.2, 0) is 0 Å². The average Bonchev–Trinajstić information content (AvgIpc) is 2.29. The van der Waals surface area contributed by atoms with Crippen molar-refractivity contribution in [1.29, 1.82) is 0 Å². The maximum Gasteiger partial charge on any atom is 0.352 e. The molecule has 2 aromatic heterocycles. The van der Waals surface area contributed by atoms with Crippen LogP contribution in [0.3, 0.4) is 0 Å². The van der Waals surface area contributed by atoms with Crippen molar-refractivity contribution in [2.24, 2.45) is 0 Å². The number of para-hydroxylation sites is 1. The van der Waals surface area contributed by atoms with E-state index in [1.807, 2.05) is 42.5 Å². The fourth-order valence-electron chi connectivity index (χ4n) is 1.80. The van der Waals surface area contributed by atoms with Crippen LogP contribution in [0.4, 0.5) is 0 Å². The maximum absolute atomic E-state index is 11.6. The molecule has 15 heavy (non-hydrogen) atoms. The van der Waals surface area contributed by atoms with E-state index in [9.17, 15) is 4.79 Å². The Bertz CT molecular complexity index is 700. The SMILES string of the molecule is O=c1nccc2ccc3ccccc3n12. The van der Waals surface area contributed by atoms with Gasteiger partial charge in [0, 0.05) is 6.20 Å². The van der Waals surface area contributed by atoms with Crippen molar-refractivity contribution < 1.29 is 0 Å². The number of hydrogen-bond acceptors (Lipinski definition) is 2. The Morgan fingerprint density at radius 2 is 1.87 bits per heavy atom. The van der Waals surface area contributed by atoms with Crippen LogP contribution >= 0.6 is 0 Å². The van der Waals surface area contributed by atoms with E-state index in [1.54, 1.807) is 4.40 Å². The van der Waals surface area contributed by atoms with Gasteiger partial charge in [0.15, 0.2) is 0 Å². The summed E-state index contributed by atoms with van der Waals surface area (Å²) in [5.41, 5.74) is 1.53. The number of fused-ring (bicyclic) bond motifs is 3. The van der Waals surface area contributed by atoms with Crippen molar-refractivity contribution in [3.63, 3.8) is 0 Å². The minimum atomic E-state index is -0.232. The highest BCUT2D eigenvalue weighted by Gasteiger charge is 2.00. The van der Waals surface area contributed by atoms with Gasteiger partial charge in [0.05, 0.1) is 11.0 Å². The molecular weight excluding hydrogens is 188 g/mol. The molecule has 2 heterocycles. The van der Waals surface area contributed by atoms with E-state index in [0.717, 1.165) is 16.4 Å². The fourth-order valence-corrected chi connectivity index (χ4v) is 1.80. The number of benzene rings is 1. The van der Waals surface area contributed by atoms with E-state index in [1.165, 1.54) is 6.20 Å². The van der Waals surface area contributed by atoms with Crippen LogP contribution < -0.4 is 5.69 Å². The summed E-state index contributed by atoms with van der Waals surface area (Å²) in [6.07, 6.45) is 1.53. The summed E-state index contributed by atoms with van der Waals surface area (Å²) < 4.78 is 1.62. The topological polar surface area (TPSA) is 34.4 Å². The van der Waals surface area contributed by atoms with E-state index in [0.29, 0.717) is 0 Å². The normalized spacial score (nSPS) is 10.9. The highest BCUT2D eigenvalue weighted by Crippen LogP contribution is 2.13. The van der Waals surface area contributed by atoms with Gasteiger partial charge < -0.3 is 0 Å². The molecule has 0 unspecified atom stereocenters. The first kappa shape index (κ1) is 8.17. The quantitative estimate of drug-likeness (QED) is 0.514. The molecule has 0 spiro atoms. The molecule has 0 amide bonds.